The molecule has 0 aliphatic carbocycles. The fourth-order valence-electron chi connectivity index (χ4n) is 1.32. The van der Waals surface area contributed by atoms with Gasteiger partial charge in [-0.1, -0.05) is 6.07 Å². The number of phenolic OH excluding ortho intramolecular Hbond substituents is 1. The predicted octanol–water partition coefficient (Wildman–Crippen LogP) is 2.19. The van der Waals surface area contributed by atoms with Crippen molar-refractivity contribution in [2.75, 3.05) is 0 Å². The van der Waals surface area contributed by atoms with Crippen LogP contribution in [0.15, 0.2) is 30.7 Å². The summed E-state index contributed by atoms with van der Waals surface area (Å²) in [6.07, 6.45) is 3.66. The summed E-state index contributed by atoms with van der Waals surface area (Å²) in [5, 5.41) is 9.53. The monoisotopic (exact) mass is 188 g/mol. The van der Waals surface area contributed by atoms with E-state index in [-0.39, 0.29) is 0 Å². The molecule has 72 valence electrons. The molecule has 0 bridgehead atoms. The fraction of sp³-hybridized carbons (Fsp3) is 0.182. The Bertz CT molecular complexity index is 460. The number of aromatic nitrogens is 2. The highest BCUT2D eigenvalue weighted by atomic mass is 16.3. The minimum atomic E-state index is 0.314. The van der Waals surface area contributed by atoms with Gasteiger partial charge in [-0.3, -0.25) is 0 Å². The molecule has 0 aliphatic heterocycles. The topological polar surface area (TPSA) is 38.0 Å². The molecule has 0 amide bonds. The Hall–Kier alpha value is -1.77. The van der Waals surface area contributed by atoms with Crippen molar-refractivity contribution in [3.8, 4) is 11.4 Å². The first-order valence-electron chi connectivity index (χ1n) is 4.47. The van der Waals surface area contributed by atoms with E-state index in [2.05, 4.69) is 4.98 Å². The molecule has 0 unspecified atom stereocenters. The van der Waals surface area contributed by atoms with Crippen molar-refractivity contribution in [2.24, 2.45) is 0 Å². The van der Waals surface area contributed by atoms with Crippen molar-refractivity contribution in [2.45, 2.75) is 13.8 Å². The van der Waals surface area contributed by atoms with Crippen molar-refractivity contribution in [3.63, 3.8) is 0 Å². The number of nitrogens with zero attached hydrogens (tertiary/aromatic N) is 2. The van der Waals surface area contributed by atoms with Crippen LogP contribution in [-0.2, 0) is 0 Å². The Morgan fingerprint density at radius 1 is 1.29 bits per heavy atom. The van der Waals surface area contributed by atoms with Gasteiger partial charge in [0, 0.05) is 12.3 Å². The van der Waals surface area contributed by atoms with Gasteiger partial charge in [-0.05, 0) is 25.5 Å². The molecule has 2 rings (SSSR count). The molecule has 0 fully saturated rings. The van der Waals surface area contributed by atoms with Crippen LogP contribution in [0.25, 0.3) is 5.69 Å². The minimum Gasteiger partial charge on any atom is -0.508 e. The van der Waals surface area contributed by atoms with Crippen LogP contribution < -0.4 is 0 Å². The van der Waals surface area contributed by atoms with E-state index in [4.69, 9.17) is 0 Å². The maximum atomic E-state index is 9.53. The van der Waals surface area contributed by atoms with E-state index in [1.807, 2.05) is 36.7 Å². The molecule has 0 saturated carbocycles. The maximum absolute atomic E-state index is 9.53. The number of rotatable bonds is 1. The average molecular weight is 188 g/mol. The van der Waals surface area contributed by atoms with Crippen LogP contribution in [0.5, 0.6) is 5.75 Å². The molecule has 0 atom stereocenters. The number of aryl methyl sites for hydroxylation is 2. The first-order valence-corrected chi connectivity index (χ1v) is 4.47. The number of aromatic hydroxyl groups is 1. The molecule has 0 spiro atoms. The first kappa shape index (κ1) is 8.81. The summed E-state index contributed by atoms with van der Waals surface area (Å²) < 4.78 is 1.88. The highest BCUT2D eigenvalue weighted by Crippen LogP contribution is 2.20. The van der Waals surface area contributed by atoms with Gasteiger partial charge in [0.25, 0.3) is 0 Å². The number of imidazole rings is 1. The van der Waals surface area contributed by atoms with E-state index in [1.165, 1.54) is 0 Å². The van der Waals surface area contributed by atoms with Crippen LogP contribution in [0.4, 0.5) is 0 Å². The van der Waals surface area contributed by atoms with Crippen molar-refractivity contribution in [1.82, 2.24) is 9.55 Å². The molecule has 1 aromatic carbocycles. The second kappa shape index (κ2) is 3.18. The Morgan fingerprint density at radius 3 is 2.64 bits per heavy atom. The van der Waals surface area contributed by atoms with Crippen LogP contribution in [-0.4, -0.2) is 14.7 Å². The summed E-state index contributed by atoms with van der Waals surface area (Å²) >= 11 is 0. The third-order valence-electron chi connectivity index (χ3n) is 2.20. The second-order valence-electron chi connectivity index (χ2n) is 3.39. The van der Waals surface area contributed by atoms with E-state index >= 15 is 0 Å². The summed E-state index contributed by atoms with van der Waals surface area (Å²) in [7, 11) is 0. The third kappa shape index (κ3) is 1.48. The standard InChI is InChI=1S/C11H12N2O/c1-8-3-4-10(5-11(8)14)13-6-9(2)12-7-13/h3-7,14H,1-2H3. The molecule has 3 nitrogen and oxygen atoms in total. The lowest BCUT2D eigenvalue weighted by atomic mass is 10.2. The highest BCUT2D eigenvalue weighted by molar-refractivity contribution is 5.43. The molecule has 14 heavy (non-hydrogen) atoms. The van der Waals surface area contributed by atoms with Gasteiger partial charge in [-0.25, -0.2) is 4.98 Å². The molecule has 1 N–H and O–H groups in total. The average Bonchev–Trinajstić information content (AvgIpc) is 2.57. The first-order chi connectivity index (χ1) is 6.66. The van der Waals surface area contributed by atoms with E-state index in [0.717, 1.165) is 16.9 Å². The Kier molecular flexibility index (Phi) is 2.00. The lowest BCUT2D eigenvalue weighted by molar-refractivity contribution is 0.471. The summed E-state index contributed by atoms with van der Waals surface area (Å²) in [4.78, 5) is 4.13. The van der Waals surface area contributed by atoms with Gasteiger partial charge in [0.15, 0.2) is 0 Å². The normalized spacial score (nSPS) is 10.4. The van der Waals surface area contributed by atoms with E-state index in [1.54, 1.807) is 12.4 Å². The van der Waals surface area contributed by atoms with Crippen LogP contribution in [0.1, 0.15) is 11.3 Å². The van der Waals surface area contributed by atoms with Gasteiger partial charge in [0.2, 0.25) is 0 Å². The van der Waals surface area contributed by atoms with Crippen LogP contribution >= 0.6 is 0 Å². The van der Waals surface area contributed by atoms with Crippen LogP contribution in [0.3, 0.4) is 0 Å². The van der Waals surface area contributed by atoms with Crippen LogP contribution in [0, 0.1) is 13.8 Å². The molecule has 0 aliphatic rings. The van der Waals surface area contributed by atoms with Crippen molar-refractivity contribution in [1.29, 1.82) is 0 Å². The number of hydrogen-bond acceptors (Lipinski definition) is 2. The van der Waals surface area contributed by atoms with E-state index in [9.17, 15) is 5.11 Å². The SMILES string of the molecule is Cc1cn(-c2ccc(C)c(O)c2)cn1. The van der Waals surface area contributed by atoms with Gasteiger partial charge in [-0.2, -0.15) is 0 Å². The van der Waals surface area contributed by atoms with Gasteiger partial charge >= 0.3 is 0 Å². The Morgan fingerprint density at radius 2 is 2.07 bits per heavy atom. The van der Waals surface area contributed by atoms with Gasteiger partial charge in [0.1, 0.15) is 5.75 Å². The van der Waals surface area contributed by atoms with Crippen molar-refractivity contribution in [3.05, 3.63) is 42.0 Å². The molecule has 1 heterocycles. The summed E-state index contributed by atoms with van der Waals surface area (Å²) in [6.45, 7) is 3.81. The number of phenols is 1. The number of benzene rings is 1. The zero-order valence-electron chi connectivity index (χ0n) is 8.23. The second-order valence-corrected chi connectivity index (χ2v) is 3.39. The van der Waals surface area contributed by atoms with Gasteiger partial charge < -0.3 is 9.67 Å². The zero-order valence-corrected chi connectivity index (χ0v) is 8.23. The molecule has 1 aromatic heterocycles. The molecule has 0 saturated heterocycles. The summed E-state index contributed by atoms with van der Waals surface area (Å²) in [6, 6.07) is 5.58. The van der Waals surface area contributed by atoms with Crippen molar-refractivity contribution < 1.29 is 5.11 Å². The summed E-state index contributed by atoms with van der Waals surface area (Å²) in [5.74, 6) is 0.314. The molecule has 0 radical (unpaired) electrons. The summed E-state index contributed by atoms with van der Waals surface area (Å²) in [5.41, 5.74) is 2.77. The molecular formula is C11H12N2O. The fourth-order valence-corrected chi connectivity index (χ4v) is 1.32. The predicted molar refractivity (Wildman–Crippen MR) is 54.7 cm³/mol. The molecular weight excluding hydrogens is 176 g/mol. The minimum absolute atomic E-state index is 0.314. The smallest absolute Gasteiger partial charge is 0.120 e. The third-order valence-corrected chi connectivity index (χ3v) is 2.20. The number of hydrogen-bond donors (Lipinski definition) is 1. The lowest BCUT2D eigenvalue weighted by Crippen LogP contribution is -1.89. The van der Waals surface area contributed by atoms with E-state index < -0.39 is 0 Å². The largest absolute Gasteiger partial charge is 0.508 e. The van der Waals surface area contributed by atoms with Gasteiger partial charge in [-0.15, -0.1) is 0 Å². The quantitative estimate of drug-likeness (QED) is 0.745. The Labute approximate surface area is 82.7 Å². The zero-order chi connectivity index (χ0) is 10.1. The lowest BCUT2D eigenvalue weighted by Gasteiger charge is -2.04. The highest BCUT2D eigenvalue weighted by Gasteiger charge is 2.00. The maximum Gasteiger partial charge on any atom is 0.120 e. The van der Waals surface area contributed by atoms with Crippen LogP contribution in [0.2, 0.25) is 0 Å². The van der Waals surface area contributed by atoms with Gasteiger partial charge in [0.05, 0.1) is 17.7 Å². The van der Waals surface area contributed by atoms with E-state index in [0.29, 0.717) is 5.75 Å². The molecule has 3 heteroatoms. The molecule has 2 aromatic rings. The Balaban J connectivity index is 2.47. The van der Waals surface area contributed by atoms with Crippen molar-refractivity contribution >= 4 is 0 Å².